The average molecular weight is 329 g/mol. The molecule has 0 saturated heterocycles. The van der Waals surface area contributed by atoms with E-state index in [0.717, 1.165) is 22.2 Å². The lowest BCUT2D eigenvalue weighted by molar-refractivity contribution is 0.602. The molecule has 22 heavy (non-hydrogen) atoms. The van der Waals surface area contributed by atoms with Crippen LogP contribution in [0.2, 0.25) is 0 Å². The Morgan fingerprint density at radius 3 is 2.45 bits per heavy atom. The van der Waals surface area contributed by atoms with Crippen LogP contribution in [0.15, 0.2) is 70.6 Å². The summed E-state index contributed by atoms with van der Waals surface area (Å²) < 4.78 is 22.9. The number of sulfone groups is 1. The number of nitrogens with zero attached hydrogens (tertiary/aromatic N) is 1. The van der Waals surface area contributed by atoms with Gasteiger partial charge in [0.2, 0.25) is 0 Å². The first-order valence-corrected chi connectivity index (χ1v) is 9.67. The van der Waals surface area contributed by atoms with E-state index in [1.165, 1.54) is 11.2 Å². The Morgan fingerprint density at radius 1 is 1.00 bits per heavy atom. The van der Waals surface area contributed by atoms with E-state index in [1.54, 1.807) is 23.9 Å². The van der Waals surface area contributed by atoms with Gasteiger partial charge in [0.05, 0.1) is 10.4 Å². The average Bonchev–Trinajstić information content (AvgIpc) is 2.52. The van der Waals surface area contributed by atoms with Crippen molar-refractivity contribution in [1.29, 1.82) is 0 Å². The van der Waals surface area contributed by atoms with Crippen LogP contribution < -0.4 is 0 Å². The van der Waals surface area contributed by atoms with Crippen LogP contribution in [0.1, 0.15) is 5.56 Å². The maximum absolute atomic E-state index is 11.5. The van der Waals surface area contributed by atoms with Gasteiger partial charge in [0.25, 0.3) is 0 Å². The summed E-state index contributed by atoms with van der Waals surface area (Å²) in [6.07, 6.45) is 3.04. The predicted molar refractivity (Wildman–Crippen MR) is 90.9 cm³/mol. The minimum absolute atomic E-state index is 0.357. The van der Waals surface area contributed by atoms with E-state index in [1.807, 2.05) is 42.6 Å². The molecule has 3 aromatic rings. The van der Waals surface area contributed by atoms with Crippen molar-refractivity contribution in [2.45, 2.75) is 15.5 Å². The molecule has 0 N–H and O–H groups in total. The number of aromatic nitrogens is 1. The monoisotopic (exact) mass is 329 g/mol. The zero-order valence-electron chi connectivity index (χ0n) is 12.1. The first-order chi connectivity index (χ1) is 10.5. The third kappa shape index (κ3) is 3.31. The molecule has 0 spiro atoms. The Morgan fingerprint density at radius 2 is 1.73 bits per heavy atom. The molecule has 112 valence electrons. The molecule has 0 saturated carbocycles. The third-order valence-corrected chi connectivity index (χ3v) is 5.63. The maximum Gasteiger partial charge on any atom is 0.175 e. The Labute approximate surface area is 134 Å². The number of hydrogen-bond acceptors (Lipinski definition) is 4. The van der Waals surface area contributed by atoms with Crippen molar-refractivity contribution in [1.82, 2.24) is 4.98 Å². The van der Waals surface area contributed by atoms with Gasteiger partial charge in [-0.05, 0) is 29.8 Å². The number of pyridine rings is 1. The highest BCUT2D eigenvalue weighted by atomic mass is 32.2. The number of thioether (sulfide) groups is 1. The highest BCUT2D eigenvalue weighted by molar-refractivity contribution is 7.98. The minimum Gasteiger partial charge on any atom is -0.256 e. The first-order valence-electron chi connectivity index (χ1n) is 6.79. The highest BCUT2D eigenvalue weighted by Gasteiger charge is 2.07. The van der Waals surface area contributed by atoms with Crippen molar-refractivity contribution in [3.8, 4) is 0 Å². The maximum atomic E-state index is 11.5. The molecular weight excluding hydrogens is 314 g/mol. The van der Waals surface area contributed by atoms with Gasteiger partial charge >= 0.3 is 0 Å². The molecule has 1 aromatic heterocycles. The summed E-state index contributed by atoms with van der Waals surface area (Å²) in [6, 6.07) is 17.1. The van der Waals surface area contributed by atoms with Gasteiger partial charge in [-0.3, -0.25) is 4.98 Å². The summed E-state index contributed by atoms with van der Waals surface area (Å²) in [5.41, 5.74) is 2.08. The van der Waals surface area contributed by atoms with E-state index < -0.39 is 9.84 Å². The Balaban J connectivity index is 1.80. The lowest BCUT2D eigenvalue weighted by Gasteiger charge is -2.06. The Kier molecular flexibility index (Phi) is 4.18. The molecule has 0 aliphatic carbocycles. The van der Waals surface area contributed by atoms with Crippen LogP contribution in [0.25, 0.3) is 10.9 Å². The Bertz CT molecular complexity index is 898. The van der Waals surface area contributed by atoms with E-state index >= 15 is 0 Å². The summed E-state index contributed by atoms with van der Waals surface area (Å²) >= 11 is 1.73. The van der Waals surface area contributed by atoms with Gasteiger partial charge in [-0.1, -0.05) is 30.3 Å². The van der Waals surface area contributed by atoms with Crippen LogP contribution in [0.4, 0.5) is 0 Å². The van der Waals surface area contributed by atoms with Crippen LogP contribution in [0, 0.1) is 0 Å². The second kappa shape index (κ2) is 6.10. The second-order valence-electron chi connectivity index (χ2n) is 5.03. The number of rotatable bonds is 4. The summed E-state index contributed by atoms with van der Waals surface area (Å²) in [5.74, 6) is 0.790. The van der Waals surface area contributed by atoms with E-state index in [-0.39, 0.29) is 0 Å². The number of benzene rings is 2. The first kappa shape index (κ1) is 15.1. The largest absolute Gasteiger partial charge is 0.256 e. The lowest BCUT2D eigenvalue weighted by Crippen LogP contribution is -1.96. The molecule has 3 nitrogen and oxygen atoms in total. The van der Waals surface area contributed by atoms with Crippen molar-refractivity contribution in [3.05, 3.63) is 66.4 Å². The number of para-hydroxylation sites is 1. The smallest absolute Gasteiger partial charge is 0.175 e. The van der Waals surface area contributed by atoms with Gasteiger partial charge in [-0.2, -0.15) is 0 Å². The summed E-state index contributed by atoms with van der Waals surface area (Å²) in [4.78, 5) is 5.89. The standard InChI is InChI=1S/C17H15NO2S2/c1-22(19,20)14-8-6-13(7-9-14)12-21-17-10-11-18-16-5-3-2-4-15(16)17/h2-11H,12H2,1H3. The fourth-order valence-corrected chi connectivity index (χ4v) is 3.82. The highest BCUT2D eigenvalue weighted by Crippen LogP contribution is 2.29. The summed E-state index contributed by atoms with van der Waals surface area (Å²) in [5, 5.41) is 1.14. The molecule has 3 rings (SSSR count). The molecule has 5 heteroatoms. The molecule has 0 bridgehead atoms. The fraction of sp³-hybridized carbons (Fsp3) is 0.118. The van der Waals surface area contributed by atoms with Gasteiger partial charge in [-0.25, -0.2) is 8.42 Å². The number of hydrogen-bond donors (Lipinski definition) is 0. The molecule has 0 radical (unpaired) electrons. The molecular formula is C17H15NO2S2. The molecule has 0 unspecified atom stereocenters. The van der Waals surface area contributed by atoms with Gasteiger partial charge in [0.1, 0.15) is 0 Å². The fourth-order valence-electron chi connectivity index (χ4n) is 2.19. The normalized spacial score (nSPS) is 11.7. The van der Waals surface area contributed by atoms with Crippen LogP contribution in [-0.4, -0.2) is 19.7 Å². The Hall–Kier alpha value is -1.85. The molecule has 1 heterocycles. The minimum atomic E-state index is -3.13. The van der Waals surface area contributed by atoms with Crippen LogP contribution in [0.5, 0.6) is 0 Å². The summed E-state index contributed by atoms with van der Waals surface area (Å²) in [7, 11) is -3.13. The zero-order valence-corrected chi connectivity index (χ0v) is 13.7. The van der Waals surface area contributed by atoms with Crippen molar-refractivity contribution < 1.29 is 8.42 Å². The molecule has 0 amide bonds. The zero-order chi connectivity index (χ0) is 15.6. The molecule has 0 aliphatic heterocycles. The predicted octanol–water partition coefficient (Wildman–Crippen LogP) is 3.93. The van der Waals surface area contributed by atoms with Crippen molar-refractivity contribution in [2.24, 2.45) is 0 Å². The molecule has 2 aromatic carbocycles. The van der Waals surface area contributed by atoms with Crippen LogP contribution in [-0.2, 0) is 15.6 Å². The van der Waals surface area contributed by atoms with Crippen LogP contribution >= 0.6 is 11.8 Å². The topological polar surface area (TPSA) is 47.0 Å². The van der Waals surface area contributed by atoms with Gasteiger partial charge in [0.15, 0.2) is 9.84 Å². The lowest BCUT2D eigenvalue weighted by atomic mass is 10.2. The molecule has 0 atom stereocenters. The number of fused-ring (bicyclic) bond motifs is 1. The van der Waals surface area contributed by atoms with E-state index in [0.29, 0.717) is 4.90 Å². The molecule has 0 aliphatic rings. The quantitative estimate of drug-likeness (QED) is 0.680. The van der Waals surface area contributed by atoms with Crippen molar-refractivity contribution >= 4 is 32.5 Å². The van der Waals surface area contributed by atoms with Gasteiger partial charge in [-0.15, -0.1) is 11.8 Å². The SMILES string of the molecule is CS(=O)(=O)c1ccc(CSc2ccnc3ccccc23)cc1. The summed E-state index contributed by atoms with van der Waals surface area (Å²) in [6.45, 7) is 0. The van der Waals surface area contributed by atoms with Gasteiger partial charge in [0, 0.05) is 28.5 Å². The van der Waals surface area contributed by atoms with E-state index in [2.05, 4.69) is 11.1 Å². The van der Waals surface area contributed by atoms with Gasteiger partial charge < -0.3 is 0 Å². The van der Waals surface area contributed by atoms with Crippen molar-refractivity contribution in [2.75, 3.05) is 6.26 Å². The van der Waals surface area contributed by atoms with Crippen LogP contribution in [0.3, 0.4) is 0 Å². The molecule has 0 fully saturated rings. The van der Waals surface area contributed by atoms with E-state index in [9.17, 15) is 8.42 Å². The van der Waals surface area contributed by atoms with E-state index in [4.69, 9.17) is 0 Å². The second-order valence-corrected chi connectivity index (χ2v) is 8.06. The third-order valence-electron chi connectivity index (χ3n) is 3.35. The van der Waals surface area contributed by atoms with Crippen molar-refractivity contribution in [3.63, 3.8) is 0 Å².